The molecule has 0 N–H and O–H groups in total. The van der Waals surface area contributed by atoms with E-state index in [9.17, 15) is 17.8 Å². The van der Waals surface area contributed by atoms with Crippen LogP contribution in [-0.2, 0) is 32.4 Å². The van der Waals surface area contributed by atoms with Crippen LogP contribution < -0.4 is 4.90 Å². The Morgan fingerprint density at radius 3 is 2.42 bits per heavy atom. The van der Waals surface area contributed by atoms with Gasteiger partial charge in [0, 0.05) is 35.9 Å². The van der Waals surface area contributed by atoms with Gasteiger partial charge < -0.3 is 14.2 Å². The van der Waals surface area contributed by atoms with Crippen LogP contribution in [0.1, 0.15) is 67.8 Å². The molecule has 1 atom stereocenters. The summed E-state index contributed by atoms with van der Waals surface area (Å²) in [7, 11) is -3.58. The minimum Gasteiger partial charge on any atom is -0.591 e. The molecule has 13 heteroatoms. The fourth-order valence-electron chi connectivity index (χ4n) is 5.94. The Morgan fingerprint density at radius 1 is 1.13 bits per heavy atom. The number of anilines is 1. The standard InChI is InChI=1S/C32H36Cl2N4O5S2/c1-7-43-30(39)27-29(35-19(2)26(36-27)21-11-9-12-22(33)25(21)34)38-16-14-32(15-17-38)18-20-10-8-13-23(45(6,41)42)24(20)28(32)37-44(40)31(3,4)5/h8-13H,7,14-18H2,1-6H3/t44-/m1/s1. The van der Waals surface area contributed by atoms with Crippen molar-refractivity contribution in [2.45, 2.75) is 63.5 Å². The normalized spacial score (nSPS) is 17.9. The first-order valence-electron chi connectivity index (χ1n) is 14.7. The molecule has 0 radical (unpaired) electrons. The monoisotopic (exact) mass is 690 g/mol. The first-order chi connectivity index (χ1) is 21.1. The molecule has 1 aromatic heterocycles. The van der Waals surface area contributed by atoms with E-state index in [4.69, 9.17) is 42.3 Å². The van der Waals surface area contributed by atoms with Crippen LogP contribution in [0.3, 0.4) is 0 Å². The molecule has 1 aliphatic heterocycles. The van der Waals surface area contributed by atoms with E-state index in [0.29, 0.717) is 76.4 Å². The minimum absolute atomic E-state index is 0.0706. The number of rotatable bonds is 6. The Balaban J connectivity index is 1.56. The van der Waals surface area contributed by atoms with E-state index in [1.807, 2.05) is 31.7 Å². The number of benzene rings is 2. The van der Waals surface area contributed by atoms with Gasteiger partial charge in [-0.15, -0.1) is 0 Å². The van der Waals surface area contributed by atoms with Gasteiger partial charge in [0.1, 0.15) is 21.8 Å². The summed E-state index contributed by atoms with van der Waals surface area (Å²) in [5, 5.41) is 0.674. The molecule has 240 valence electrons. The Labute approximate surface area is 277 Å². The summed E-state index contributed by atoms with van der Waals surface area (Å²) in [6, 6.07) is 10.5. The second-order valence-electron chi connectivity index (χ2n) is 12.5. The number of fused-ring (bicyclic) bond motifs is 1. The van der Waals surface area contributed by atoms with Crippen LogP contribution >= 0.6 is 23.2 Å². The van der Waals surface area contributed by atoms with Crippen molar-refractivity contribution in [3.63, 3.8) is 0 Å². The summed E-state index contributed by atoms with van der Waals surface area (Å²) >= 11 is 11.2. The summed E-state index contributed by atoms with van der Waals surface area (Å²) in [5.41, 5.74) is 3.10. The predicted molar refractivity (Wildman–Crippen MR) is 180 cm³/mol. The smallest absolute Gasteiger partial charge is 0.360 e. The van der Waals surface area contributed by atoms with Crippen molar-refractivity contribution < 1.29 is 22.5 Å². The maximum Gasteiger partial charge on any atom is 0.360 e. The Bertz CT molecular complexity index is 1800. The van der Waals surface area contributed by atoms with Gasteiger partial charge in [0.25, 0.3) is 0 Å². The molecule has 0 saturated carbocycles. The SMILES string of the molecule is CCOC(=O)c1nc(-c2cccc(Cl)c2Cl)c(C)nc1N1CCC2(CC1)Cc1cccc(S(C)(=O)=O)c1C2=N[S@+]([O-])C(C)(C)C. The highest BCUT2D eigenvalue weighted by atomic mass is 35.5. The topological polar surface area (TPSA) is 125 Å². The van der Waals surface area contributed by atoms with Gasteiger partial charge in [-0.2, -0.15) is 0 Å². The van der Waals surface area contributed by atoms with Crippen LogP contribution in [0.25, 0.3) is 11.3 Å². The number of carbonyl (C=O) groups excluding carboxylic acids is 1. The van der Waals surface area contributed by atoms with E-state index in [1.54, 1.807) is 44.2 Å². The largest absolute Gasteiger partial charge is 0.591 e. The van der Waals surface area contributed by atoms with Crippen LogP contribution in [0.2, 0.25) is 10.0 Å². The maximum absolute atomic E-state index is 13.4. The molecule has 1 fully saturated rings. The van der Waals surface area contributed by atoms with Gasteiger partial charge in [-0.3, -0.25) is 0 Å². The van der Waals surface area contributed by atoms with E-state index in [0.717, 1.165) is 5.56 Å². The second kappa shape index (κ2) is 12.5. The molecule has 3 aromatic rings. The van der Waals surface area contributed by atoms with Gasteiger partial charge >= 0.3 is 5.97 Å². The molecular weight excluding hydrogens is 655 g/mol. The number of sulfone groups is 1. The van der Waals surface area contributed by atoms with Crippen LogP contribution in [0.5, 0.6) is 0 Å². The number of hydrogen-bond acceptors (Lipinski definition) is 9. The third-order valence-corrected chi connectivity index (χ3v) is 11.6. The quantitative estimate of drug-likeness (QED) is 0.214. The van der Waals surface area contributed by atoms with Crippen molar-refractivity contribution in [3.05, 3.63) is 69.0 Å². The van der Waals surface area contributed by atoms with Crippen molar-refractivity contribution in [2.24, 2.45) is 9.81 Å². The summed E-state index contributed by atoms with van der Waals surface area (Å²) in [4.78, 5) is 25.0. The fraction of sp³-hybridized carbons (Fsp3) is 0.438. The zero-order valence-electron chi connectivity index (χ0n) is 26.1. The number of ether oxygens (including phenoxy) is 1. The molecule has 0 amide bonds. The van der Waals surface area contributed by atoms with Crippen molar-refractivity contribution >= 4 is 61.9 Å². The third kappa shape index (κ3) is 6.47. The lowest BCUT2D eigenvalue weighted by Crippen LogP contribution is -2.45. The minimum atomic E-state index is -3.58. The van der Waals surface area contributed by atoms with Crippen LogP contribution in [-0.4, -0.2) is 65.3 Å². The van der Waals surface area contributed by atoms with Crippen LogP contribution in [0.15, 0.2) is 45.7 Å². The number of aryl methyl sites for hydroxylation is 1. The molecule has 2 aromatic carbocycles. The average Bonchev–Trinajstić information content (AvgIpc) is 3.26. The van der Waals surface area contributed by atoms with E-state index in [-0.39, 0.29) is 17.2 Å². The van der Waals surface area contributed by atoms with Crippen molar-refractivity contribution in [2.75, 3.05) is 30.9 Å². The maximum atomic E-state index is 13.4. The van der Waals surface area contributed by atoms with E-state index < -0.39 is 37.3 Å². The second-order valence-corrected chi connectivity index (χ2v) is 17.1. The molecule has 9 nitrogen and oxygen atoms in total. The lowest BCUT2D eigenvalue weighted by molar-refractivity contribution is 0.0519. The first kappa shape index (κ1) is 33.7. The number of hydrogen-bond donors (Lipinski definition) is 0. The molecule has 1 aliphatic carbocycles. The third-order valence-electron chi connectivity index (χ3n) is 8.23. The molecule has 0 bridgehead atoms. The molecular formula is C32H36Cl2N4O5S2. The zero-order valence-corrected chi connectivity index (χ0v) is 29.3. The zero-order chi connectivity index (χ0) is 32.9. The molecule has 5 rings (SSSR count). The van der Waals surface area contributed by atoms with Crippen molar-refractivity contribution in [1.82, 2.24) is 9.97 Å². The molecule has 45 heavy (non-hydrogen) atoms. The molecule has 1 spiro atoms. The van der Waals surface area contributed by atoms with Gasteiger partial charge in [0.05, 0.1) is 32.9 Å². The number of aromatic nitrogens is 2. The van der Waals surface area contributed by atoms with Gasteiger partial charge in [0.15, 0.2) is 21.3 Å². The van der Waals surface area contributed by atoms with E-state index in [1.165, 1.54) is 6.26 Å². The van der Waals surface area contributed by atoms with Gasteiger partial charge in [-0.1, -0.05) is 51.9 Å². The average molecular weight is 692 g/mol. The lowest BCUT2D eigenvalue weighted by atomic mass is 9.74. The number of halogens is 2. The number of piperidine rings is 1. The predicted octanol–water partition coefficient (Wildman–Crippen LogP) is 6.43. The molecule has 2 aliphatic rings. The van der Waals surface area contributed by atoms with Crippen molar-refractivity contribution in [3.8, 4) is 11.3 Å². The van der Waals surface area contributed by atoms with Gasteiger partial charge in [0.2, 0.25) is 0 Å². The first-order valence-corrected chi connectivity index (χ1v) is 18.4. The van der Waals surface area contributed by atoms with Crippen LogP contribution in [0.4, 0.5) is 5.82 Å². The van der Waals surface area contributed by atoms with Gasteiger partial charge in [-0.25, -0.2) is 23.2 Å². The van der Waals surface area contributed by atoms with Crippen LogP contribution in [0, 0.1) is 12.3 Å². The Hall–Kier alpha value is -2.70. The summed E-state index contributed by atoms with van der Waals surface area (Å²) in [5.74, 6) is -0.208. The highest BCUT2D eigenvalue weighted by molar-refractivity contribution is 7.91. The Morgan fingerprint density at radius 2 is 1.80 bits per heavy atom. The summed E-state index contributed by atoms with van der Waals surface area (Å²) in [6.45, 7) is 10.2. The van der Waals surface area contributed by atoms with Gasteiger partial charge in [-0.05, 0) is 71.6 Å². The summed E-state index contributed by atoms with van der Waals surface area (Å²) < 4.78 is 48.6. The molecule has 1 saturated heterocycles. The number of nitrogens with zero attached hydrogens (tertiary/aromatic N) is 4. The number of carbonyl (C=O) groups is 1. The fourth-order valence-corrected chi connectivity index (χ4v) is 7.98. The van der Waals surface area contributed by atoms with E-state index >= 15 is 0 Å². The molecule has 2 heterocycles. The van der Waals surface area contributed by atoms with Crippen molar-refractivity contribution in [1.29, 1.82) is 0 Å². The highest BCUT2D eigenvalue weighted by Gasteiger charge is 2.49. The Kier molecular flexibility index (Phi) is 9.34. The molecule has 0 unspecified atom stereocenters. The lowest BCUT2D eigenvalue weighted by Gasteiger charge is -2.40. The number of esters is 1. The summed E-state index contributed by atoms with van der Waals surface area (Å²) in [6.07, 6.45) is 2.89. The highest BCUT2D eigenvalue weighted by Crippen LogP contribution is 2.48. The van der Waals surface area contributed by atoms with E-state index in [2.05, 4.69) is 0 Å².